The number of ether oxygens (including phenoxy) is 4. The van der Waals surface area contributed by atoms with Gasteiger partial charge in [-0.15, -0.1) is 0 Å². The van der Waals surface area contributed by atoms with Crippen LogP contribution in [0.2, 0.25) is 0 Å². The zero-order chi connectivity index (χ0) is 27.8. The molecule has 0 spiro atoms. The van der Waals surface area contributed by atoms with E-state index in [9.17, 15) is 0 Å². The highest BCUT2D eigenvalue weighted by Gasteiger charge is 2.02. The van der Waals surface area contributed by atoms with E-state index >= 15 is 0 Å². The third-order valence-electron chi connectivity index (χ3n) is 7.76. The van der Waals surface area contributed by atoms with E-state index in [4.69, 9.17) is 18.9 Å². The van der Waals surface area contributed by atoms with E-state index in [1.54, 1.807) is 0 Å². The molecule has 0 atom stereocenters. The van der Waals surface area contributed by atoms with Crippen LogP contribution in [0.3, 0.4) is 0 Å². The van der Waals surface area contributed by atoms with Gasteiger partial charge in [0.25, 0.3) is 0 Å². The maximum Gasteiger partial charge on any atom is 0.122 e. The number of rotatable bonds is 0. The molecule has 1 heterocycles. The van der Waals surface area contributed by atoms with Crippen molar-refractivity contribution in [3.63, 3.8) is 0 Å². The van der Waals surface area contributed by atoms with E-state index in [-0.39, 0.29) is 0 Å². The molecule has 0 fully saturated rings. The van der Waals surface area contributed by atoms with Gasteiger partial charge in [0, 0.05) is 12.1 Å². The van der Waals surface area contributed by atoms with Crippen LogP contribution < -0.4 is 18.9 Å². The molecule has 4 bridgehead atoms. The fourth-order valence-corrected chi connectivity index (χ4v) is 5.30. The molecule has 0 amide bonds. The Labute approximate surface area is 245 Å². The average molecular weight is 553 g/mol. The van der Waals surface area contributed by atoms with Crippen LogP contribution in [0.25, 0.3) is 0 Å². The van der Waals surface area contributed by atoms with Crippen LogP contribution in [0.15, 0.2) is 48.5 Å². The fourth-order valence-electron chi connectivity index (χ4n) is 5.30. The molecule has 0 radical (unpaired) electrons. The van der Waals surface area contributed by atoms with E-state index in [1.165, 1.54) is 103 Å². The van der Waals surface area contributed by atoms with Crippen LogP contribution in [-0.4, -0.2) is 26.4 Å². The second-order valence-corrected chi connectivity index (χ2v) is 11.4. The summed E-state index contributed by atoms with van der Waals surface area (Å²) in [6, 6.07) is 16.3. The number of hydrogen-bond donors (Lipinski definition) is 0. The highest BCUT2D eigenvalue weighted by molar-refractivity contribution is 5.33. The normalized spacial score (nSPS) is 19.4. The minimum atomic E-state index is 0.794. The molecule has 3 rings (SSSR count). The van der Waals surface area contributed by atoms with E-state index in [0.717, 1.165) is 75.1 Å². The molecule has 0 N–H and O–H groups in total. The van der Waals surface area contributed by atoms with Gasteiger partial charge >= 0.3 is 0 Å². The lowest BCUT2D eigenvalue weighted by atomic mass is 10.1. The van der Waals surface area contributed by atoms with Gasteiger partial charge < -0.3 is 18.9 Å². The topological polar surface area (TPSA) is 36.9 Å². The van der Waals surface area contributed by atoms with Gasteiger partial charge in [0.05, 0.1) is 26.4 Å². The molecular weight excluding hydrogens is 496 g/mol. The van der Waals surface area contributed by atoms with Crippen LogP contribution in [0.1, 0.15) is 128 Å². The zero-order valence-corrected chi connectivity index (χ0v) is 25.2. The standard InChI is InChI=1S/C36H56O4/c1-2-6-10-14-18-28-38-34-24-22-26-36(32-34)40-30-20-16-12-8-4-3-7-11-15-19-29-39-35-25-21-23-33(31-35)37-27-17-13-9-5-1/h21-26,31-32H,1-20,27-30H2. The zero-order valence-electron chi connectivity index (χ0n) is 25.2. The van der Waals surface area contributed by atoms with Crippen LogP contribution in [0, 0.1) is 0 Å². The fraction of sp³-hybridized carbons (Fsp3) is 0.667. The molecule has 4 nitrogen and oxygen atoms in total. The summed E-state index contributed by atoms with van der Waals surface area (Å²) in [4.78, 5) is 0. The summed E-state index contributed by atoms with van der Waals surface area (Å²) in [5.41, 5.74) is 0. The Morgan fingerprint density at radius 2 is 0.475 bits per heavy atom. The highest BCUT2D eigenvalue weighted by Crippen LogP contribution is 2.22. The first-order valence-corrected chi connectivity index (χ1v) is 16.6. The molecule has 0 aliphatic carbocycles. The summed E-state index contributed by atoms with van der Waals surface area (Å²) in [5, 5.41) is 0. The molecule has 0 saturated carbocycles. The summed E-state index contributed by atoms with van der Waals surface area (Å²) in [6.07, 6.45) is 25.5. The van der Waals surface area contributed by atoms with Crippen molar-refractivity contribution < 1.29 is 18.9 Å². The minimum Gasteiger partial charge on any atom is -0.493 e. The van der Waals surface area contributed by atoms with E-state index in [0.29, 0.717) is 0 Å². The Balaban J connectivity index is 1.32. The monoisotopic (exact) mass is 552 g/mol. The van der Waals surface area contributed by atoms with Gasteiger partial charge in [-0.2, -0.15) is 0 Å². The van der Waals surface area contributed by atoms with E-state index in [1.807, 2.05) is 48.5 Å². The third kappa shape index (κ3) is 16.0. The predicted octanol–water partition coefficient (Wildman–Crippen LogP) is 10.7. The molecule has 1 aliphatic rings. The molecule has 0 aromatic heterocycles. The van der Waals surface area contributed by atoms with Gasteiger partial charge in [-0.05, 0) is 49.9 Å². The van der Waals surface area contributed by atoms with E-state index < -0.39 is 0 Å². The number of fused-ring (bicyclic) bond motifs is 4. The van der Waals surface area contributed by atoms with Crippen LogP contribution in [-0.2, 0) is 0 Å². The quantitative estimate of drug-likeness (QED) is 0.326. The Hall–Kier alpha value is -2.36. The molecule has 2 aromatic carbocycles. The first kappa shape index (κ1) is 32.2. The van der Waals surface area contributed by atoms with Crippen LogP contribution in [0.5, 0.6) is 23.0 Å². The maximum absolute atomic E-state index is 5.99. The van der Waals surface area contributed by atoms with Gasteiger partial charge in [0.15, 0.2) is 0 Å². The molecule has 1 aliphatic heterocycles. The van der Waals surface area contributed by atoms with Crippen LogP contribution >= 0.6 is 0 Å². The predicted molar refractivity (Wildman–Crippen MR) is 167 cm³/mol. The smallest absolute Gasteiger partial charge is 0.122 e. The first-order chi connectivity index (χ1) is 19.9. The Morgan fingerprint density at radius 1 is 0.275 bits per heavy atom. The van der Waals surface area contributed by atoms with Crippen molar-refractivity contribution in [1.29, 1.82) is 0 Å². The van der Waals surface area contributed by atoms with Crippen molar-refractivity contribution in [2.45, 2.75) is 128 Å². The molecule has 2 aromatic rings. The Kier molecular flexibility index (Phi) is 18.0. The van der Waals surface area contributed by atoms with Crippen molar-refractivity contribution in [2.75, 3.05) is 26.4 Å². The van der Waals surface area contributed by atoms with Crippen LogP contribution in [0.4, 0.5) is 0 Å². The Bertz CT molecular complexity index is 733. The van der Waals surface area contributed by atoms with Crippen molar-refractivity contribution in [3.8, 4) is 23.0 Å². The van der Waals surface area contributed by atoms with Crippen molar-refractivity contribution in [1.82, 2.24) is 0 Å². The lowest BCUT2D eigenvalue weighted by molar-refractivity contribution is 0.288. The average Bonchev–Trinajstić information content (AvgIpc) is 2.97. The maximum atomic E-state index is 5.99. The molecule has 0 unspecified atom stereocenters. The van der Waals surface area contributed by atoms with Crippen molar-refractivity contribution in [2.24, 2.45) is 0 Å². The van der Waals surface area contributed by atoms with Crippen molar-refractivity contribution >= 4 is 0 Å². The summed E-state index contributed by atoms with van der Waals surface area (Å²) in [5.74, 6) is 3.73. The first-order valence-electron chi connectivity index (χ1n) is 16.6. The lowest BCUT2D eigenvalue weighted by Gasteiger charge is -2.10. The summed E-state index contributed by atoms with van der Waals surface area (Å²) in [7, 11) is 0. The number of hydrogen-bond acceptors (Lipinski definition) is 4. The second kappa shape index (κ2) is 22.3. The second-order valence-electron chi connectivity index (χ2n) is 11.4. The molecule has 224 valence electrons. The summed E-state index contributed by atoms with van der Waals surface area (Å²) < 4.78 is 23.9. The third-order valence-corrected chi connectivity index (χ3v) is 7.76. The number of benzene rings is 2. The van der Waals surface area contributed by atoms with Gasteiger partial charge in [0.1, 0.15) is 23.0 Å². The highest BCUT2D eigenvalue weighted by atomic mass is 16.5. The SMILES string of the molecule is c1cc2cc(c1)OCCCCCCCCCCCCOc1cccc(c1)OCCCCCCCCCCCCO2. The Morgan fingerprint density at radius 3 is 0.700 bits per heavy atom. The largest absolute Gasteiger partial charge is 0.493 e. The van der Waals surface area contributed by atoms with Gasteiger partial charge in [-0.1, -0.05) is 115 Å². The van der Waals surface area contributed by atoms with E-state index in [2.05, 4.69) is 0 Å². The summed E-state index contributed by atoms with van der Waals surface area (Å²) in [6.45, 7) is 3.18. The lowest BCUT2D eigenvalue weighted by Crippen LogP contribution is -2.00. The molecule has 0 saturated heterocycles. The summed E-state index contributed by atoms with van der Waals surface area (Å²) >= 11 is 0. The van der Waals surface area contributed by atoms with Crippen molar-refractivity contribution in [3.05, 3.63) is 48.5 Å². The molecular formula is C36H56O4. The van der Waals surface area contributed by atoms with Gasteiger partial charge in [-0.25, -0.2) is 0 Å². The minimum absolute atomic E-state index is 0.794. The van der Waals surface area contributed by atoms with Gasteiger partial charge in [0.2, 0.25) is 0 Å². The molecule has 40 heavy (non-hydrogen) atoms. The van der Waals surface area contributed by atoms with Gasteiger partial charge in [-0.3, -0.25) is 0 Å². The molecule has 4 heteroatoms.